The van der Waals surface area contributed by atoms with Crippen LogP contribution in [0.1, 0.15) is 24.9 Å². The zero-order valence-electron chi connectivity index (χ0n) is 10.2. The Balaban J connectivity index is 2.44. The van der Waals surface area contributed by atoms with E-state index in [-0.39, 0.29) is 6.04 Å². The molecule has 0 saturated heterocycles. The molecule has 0 aromatic heterocycles. The topological polar surface area (TPSA) is 47.3 Å². The summed E-state index contributed by atoms with van der Waals surface area (Å²) in [5.74, 6) is 6.42. The minimum atomic E-state index is 0.210. The molecule has 0 saturated carbocycles. The summed E-state index contributed by atoms with van der Waals surface area (Å²) in [5.41, 5.74) is 4.05. The molecular formula is C14H18N2O. The van der Waals surface area contributed by atoms with Gasteiger partial charge in [-0.3, -0.25) is 11.3 Å². The van der Waals surface area contributed by atoms with Crippen molar-refractivity contribution in [2.24, 2.45) is 5.84 Å². The molecule has 2 aromatic rings. The van der Waals surface area contributed by atoms with Crippen molar-refractivity contribution in [2.45, 2.75) is 19.4 Å². The van der Waals surface area contributed by atoms with Gasteiger partial charge in [-0.2, -0.15) is 0 Å². The smallest absolute Gasteiger partial charge is 0.119 e. The normalized spacial score (nSPS) is 12.6. The summed E-state index contributed by atoms with van der Waals surface area (Å²) < 4.78 is 5.21. The van der Waals surface area contributed by atoms with Crippen LogP contribution in [0.15, 0.2) is 36.4 Å². The van der Waals surface area contributed by atoms with E-state index in [1.165, 1.54) is 16.3 Å². The number of hydrazine groups is 1. The molecule has 17 heavy (non-hydrogen) atoms. The van der Waals surface area contributed by atoms with Crippen LogP contribution in [0.4, 0.5) is 0 Å². The van der Waals surface area contributed by atoms with E-state index >= 15 is 0 Å². The second kappa shape index (κ2) is 5.17. The Labute approximate surface area is 102 Å². The molecule has 0 aliphatic carbocycles. The number of methoxy groups -OCH3 is 1. The fraction of sp³-hybridized carbons (Fsp3) is 0.286. The number of fused-ring (bicyclic) bond motifs is 1. The zero-order valence-corrected chi connectivity index (χ0v) is 10.2. The number of nitrogens with two attached hydrogens (primary N) is 1. The van der Waals surface area contributed by atoms with E-state index in [0.29, 0.717) is 0 Å². The molecule has 1 atom stereocenters. The molecular weight excluding hydrogens is 212 g/mol. The van der Waals surface area contributed by atoms with Gasteiger partial charge in [0.15, 0.2) is 0 Å². The van der Waals surface area contributed by atoms with Crippen LogP contribution < -0.4 is 16.0 Å². The molecule has 0 heterocycles. The Kier molecular flexibility index (Phi) is 3.61. The van der Waals surface area contributed by atoms with Gasteiger partial charge in [-0.15, -0.1) is 0 Å². The highest BCUT2D eigenvalue weighted by atomic mass is 16.5. The number of benzene rings is 2. The molecule has 3 N–H and O–H groups in total. The van der Waals surface area contributed by atoms with Gasteiger partial charge in [0.2, 0.25) is 0 Å². The standard InChI is InChI=1S/C14H18N2O/c1-3-14(16-15)12-5-4-11-9-13(17-2)7-6-10(11)8-12/h4-9,14,16H,3,15H2,1-2H3. The van der Waals surface area contributed by atoms with Crippen LogP contribution >= 0.6 is 0 Å². The Morgan fingerprint density at radius 3 is 2.53 bits per heavy atom. The molecule has 90 valence electrons. The lowest BCUT2D eigenvalue weighted by atomic mass is 10.0. The van der Waals surface area contributed by atoms with E-state index in [0.717, 1.165) is 12.2 Å². The van der Waals surface area contributed by atoms with Crippen LogP contribution in [0, 0.1) is 0 Å². The third-order valence-electron chi connectivity index (χ3n) is 3.08. The van der Waals surface area contributed by atoms with Crippen LogP contribution in [0.5, 0.6) is 5.75 Å². The lowest BCUT2D eigenvalue weighted by Gasteiger charge is -2.14. The molecule has 3 heteroatoms. The molecule has 0 aliphatic heterocycles. The van der Waals surface area contributed by atoms with Crippen molar-refractivity contribution in [2.75, 3.05) is 7.11 Å². The lowest BCUT2D eigenvalue weighted by Crippen LogP contribution is -2.27. The van der Waals surface area contributed by atoms with Crippen molar-refractivity contribution in [3.63, 3.8) is 0 Å². The quantitative estimate of drug-likeness (QED) is 0.627. The van der Waals surface area contributed by atoms with E-state index in [2.05, 4.69) is 36.6 Å². The fourth-order valence-electron chi connectivity index (χ4n) is 2.04. The third-order valence-corrected chi connectivity index (χ3v) is 3.08. The fourth-order valence-corrected chi connectivity index (χ4v) is 2.04. The average Bonchev–Trinajstić information content (AvgIpc) is 2.39. The predicted octanol–water partition coefficient (Wildman–Crippen LogP) is 2.76. The van der Waals surface area contributed by atoms with Gasteiger partial charge in [-0.25, -0.2) is 0 Å². The van der Waals surface area contributed by atoms with Gasteiger partial charge in [0.1, 0.15) is 5.75 Å². The summed E-state index contributed by atoms with van der Waals surface area (Å²) in [4.78, 5) is 0. The van der Waals surface area contributed by atoms with Crippen molar-refractivity contribution in [3.8, 4) is 5.75 Å². The lowest BCUT2D eigenvalue weighted by molar-refractivity contribution is 0.415. The molecule has 0 spiro atoms. The van der Waals surface area contributed by atoms with Crippen molar-refractivity contribution in [1.82, 2.24) is 5.43 Å². The molecule has 0 aliphatic rings. The number of rotatable bonds is 4. The number of nitrogens with one attached hydrogen (secondary N) is 1. The van der Waals surface area contributed by atoms with Crippen LogP contribution in [0.2, 0.25) is 0 Å². The number of hydrogen-bond acceptors (Lipinski definition) is 3. The first-order chi connectivity index (χ1) is 8.28. The second-order valence-corrected chi connectivity index (χ2v) is 4.10. The Morgan fingerprint density at radius 1 is 1.18 bits per heavy atom. The maximum absolute atomic E-state index is 5.54. The summed E-state index contributed by atoms with van der Waals surface area (Å²) >= 11 is 0. The van der Waals surface area contributed by atoms with E-state index in [1.807, 2.05) is 12.1 Å². The minimum absolute atomic E-state index is 0.210. The Bertz CT molecular complexity index is 507. The van der Waals surface area contributed by atoms with Gasteiger partial charge in [-0.1, -0.05) is 25.1 Å². The summed E-state index contributed by atoms with van der Waals surface area (Å²) in [6, 6.07) is 12.7. The predicted molar refractivity (Wildman–Crippen MR) is 70.9 cm³/mol. The molecule has 0 fully saturated rings. The number of ether oxygens (including phenoxy) is 1. The Morgan fingerprint density at radius 2 is 1.88 bits per heavy atom. The molecule has 0 bridgehead atoms. The highest BCUT2D eigenvalue weighted by Crippen LogP contribution is 2.25. The van der Waals surface area contributed by atoms with Crippen LogP contribution in [-0.4, -0.2) is 7.11 Å². The monoisotopic (exact) mass is 230 g/mol. The van der Waals surface area contributed by atoms with Crippen LogP contribution in [-0.2, 0) is 0 Å². The molecule has 3 nitrogen and oxygen atoms in total. The minimum Gasteiger partial charge on any atom is -0.497 e. The van der Waals surface area contributed by atoms with Gasteiger partial charge in [0, 0.05) is 6.04 Å². The number of hydrogen-bond donors (Lipinski definition) is 2. The van der Waals surface area contributed by atoms with E-state index in [1.54, 1.807) is 7.11 Å². The second-order valence-electron chi connectivity index (χ2n) is 4.10. The van der Waals surface area contributed by atoms with Crippen LogP contribution in [0.25, 0.3) is 10.8 Å². The van der Waals surface area contributed by atoms with Gasteiger partial charge in [0.25, 0.3) is 0 Å². The van der Waals surface area contributed by atoms with Gasteiger partial charge >= 0.3 is 0 Å². The van der Waals surface area contributed by atoms with Crippen LogP contribution in [0.3, 0.4) is 0 Å². The maximum Gasteiger partial charge on any atom is 0.119 e. The molecule has 2 aromatic carbocycles. The maximum atomic E-state index is 5.54. The first-order valence-corrected chi connectivity index (χ1v) is 5.82. The highest BCUT2D eigenvalue weighted by Gasteiger charge is 2.07. The van der Waals surface area contributed by atoms with Gasteiger partial charge < -0.3 is 4.74 Å². The van der Waals surface area contributed by atoms with E-state index in [9.17, 15) is 0 Å². The summed E-state index contributed by atoms with van der Waals surface area (Å²) in [6.45, 7) is 2.11. The Hall–Kier alpha value is -1.58. The van der Waals surface area contributed by atoms with Gasteiger partial charge in [-0.05, 0) is 41.0 Å². The molecule has 1 unspecified atom stereocenters. The van der Waals surface area contributed by atoms with E-state index < -0.39 is 0 Å². The molecule has 2 rings (SSSR count). The first-order valence-electron chi connectivity index (χ1n) is 5.82. The van der Waals surface area contributed by atoms with E-state index in [4.69, 9.17) is 10.6 Å². The zero-order chi connectivity index (χ0) is 12.3. The summed E-state index contributed by atoms with van der Waals surface area (Å²) in [7, 11) is 1.68. The molecule has 0 amide bonds. The molecule has 0 radical (unpaired) electrons. The van der Waals surface area contributed by atoms with Crippen molar-refractivity contribution in [3.05, 3.63) is 42.0 Å². The summed E-state index contributed by atoms with van der Waals surface area (Å²) in [6.07, 6.45) is 0.970. The largest absolute Gasteiger partial charge is 0.497 e. The highest BCUT2D eigenvalue weighted by molar-refractivity contribution is 5.84. The van der Waals surface area contributed by atoms with Crippen molar-refractivity contribution >= 4 is 10.8 Å². The van der Waals surface area contributed by atoms with Crippen molar-refractivity contribution in [1.29, 1.82) is 0 Å². The first kappa shape index (κ1) is 11.9. The SMILES string of the molecule is CCC(NN)c1ccc2cc(OC)ccc2c1. The van der Waals surface area contributed by atoms with Crippen molar-refractivity contribution < 1.29 is 4.74 Å². The summed E-state index contributed by atoms with van der Waals surface area (Å²) in [5, 5.41) is 2.39. The average molecular weight is 230 g/mol. The third kappa shape index (κ3) is 2.40. The van der Waals surface area contributed by atoms with Gasteiger partial charge in [0.05, 0.1) is 7.11 Å².